The van der Waals surface area contributed by atoms with E-state index in [2.05, 4.69) is 76.5 Å². The van der Waals surface area contributed by atoms with Crippen molar-refractivity contribution in [2.75, 3.05) is 53.6 Å². The fourth-order valence-corrected chi connectivity index (χ4v) is 8.29. The number of rotatable bonds is 14. The number of likely N-dealkylation sites (tertiary alicyclic amines) is 2. The zero-order valence-electron chi connectivity index (χ0n) is 28.2. The van der Waals surface area contributed by atoms with Crippen LogP contribution in [0.3, 0.4) is 0 Å². The second-order valence-electron chi connectivity index (χ2n) is 12.9. The lowest BCUT2D eigenvalue weighted by molar-refractivity contribution is 0.238. The Morgan fingerprint density at radius 2 is 1.31 bits per heavy atom. The minimum Gasteiger partial charge on any atom is -0.496 e. The van der Waals surface area contributed by atoms with Crippen molar-refractivity contribution >= 4 is 21.4 Å². The summed E-state index contributed by atoms with van der Waals surface area (Å²) in [4.78, 5) is 6.23. The minimum absolute atomic E-state index is 0.542. The molecule has 0 atom stereocenters. The highest BCUT2D eigenvalue weighted by molar-refractivity contribution is 7.22. The summed E-state index contributed by atoms with van der Waals surface area (Å²) in [5.74, 6) is 3.58. The Morgan fingerprint density at radius 3 is 2.00 bits per heavy atom. The van der Waals surface area contributed by atoms with Crippen molar-refractivity contribution in [1.29, 1.82) is 0 Å². The molecule has 5 aromatic rings. The highest BCUT2D eigenvalue weighted by Crippen LogP contribution is 2.43. The van der Waals surface area contributed by atoms with E-state index in [1.54, 1.807) is 14.2 Å². The summed E-state index contributed by atoms with van der Waals surface area (Å²) in [7, 11) is 3.53. The molecule has 0 amide bonds. The van der Waals surface area contributed by atoms with Gasteiger partial charge < -0.3 is 18.9 Å². The van der Waals surface area contributed by atoms with E-state index >= 15 is 0 Å². The van der Waals surface area contributed by atoms with Crippen LogP contribution in [0, 0.1) is 0 Å². The summed E-state index contributed by atoms with van der Waals surface area (Å²) >= 11 is 1.82. The smallest absolute Gasteiger partial charge is 0.127 e. The zero-order chi connectivity index (χ0) is 32.7. The van der Waals surface area contributed by atoms with Gasteiger partial charge in [-0.15, -0.1) is 11.3 Å². The SMILES string of the molecule is COc1cc(Cc2c(-c3ccc(OCCN4CCCC4)cc3)sc3cc(OCc4ccccc4)ccc23)cc(OC)c1CN1CCCC1. The molecule has 7 heteroatoms. The largest absolute Gasteiger partial charge is 0.496 e. The minimum atomic E-state index is 0.542. The van der Waals surface area contributed by atoms with Gasteiger partial charge >= 0.3 is 0 Å². The molecule has 7 rings (SSSR count). The Kier molecular flexibility index (Phi) is 10.5. The molecule has 0 spiro atoms. The normalized spacial score (nSPS) is 15.3. The molecule has 250 valence electrons. The number of benzene rings is 4. The van der Waals surface area contributed by atoms with Crippen LogP contribution in [-0.2, 0) is 19.6 Å². The first-order chi connectivity index (χ1) is 23.7. The van der Waals surface area contributed by atoms with Gasteiger partial charge in [0.25, 0.3) is 0 Å². The van der Waals surface area contributed by atoms with Crippen LogP contribution in [0.4, 0.5) is 0 Å². The van der Waals surface area contributed by atoms with Crippen LogP contribution >= 0.6 is 11.3 Å². The predicted octanol–water partition coefficient (Wildman–Crippen LogP) is 8.83. The highest BCUT2D eigenvalue weighted by Gasteiger charge is 2.21. The quantitative estimate of drug-likeness (QED) is 0.118. The Bertz CT molecular complexity index is 1770. The number of ether oxygens (including phenoxy) is 4. The van der Waals surface area contributed by atoms with E-state index in [0.717, 1.165) is 73.3 Å². The van der Waals surface area contributed by atoms with Crippen molar-refractivity contribution in [3.05, 3.63) is 107 Å². The van der Waals surface area contributed by atoms with Crippen LogP contribution in [-0.4, -0.2) is 63.4 Å². The van der Waals surface area contributed by atoms with E-state index in [0.29, 0.717) is 6.61 Å². The average molecular weight is 663 g/mol. The van der Waals surface area contributed by atoms with E-state index in [1.165, 1.54) is 70.4 Å². The number of nitrogens with zero attached hydrogens (tertiary/aromatic N) is 2. The Labute approximate surface area is 288 Å². The third kappa shape index (κ3) is 7.64. The number of hydrogen-bond donors (Lipinski definition) is 0. The molecule has 6 nitrogen and oxygen atoms in total. The lowest BCUT2D eigenvalue weighted by atomic mass is 9.97. The maximum atomic E-state index is 6.24. The molecule has 1 aromatic heterocycles. The topological polar surface area (TPSA) is 43.4 Å². The van der Waals surface area contributed by atoms with Crippen LogP contribution in [0.1, 0.15) is 47.9 Å². The van der Waals surface area contributed by atoms with Crippen molar-refractivity contribution in [1.82, 2.24) is 9.80 Å². The Balaban J connectivity index is 1.19. The molecule has 2 saturated heterocycles. The Morgan fingerprint density at radius 1 is 0.646 bits per heavy atom. The van der Waals surface area contributed by atoms with Crippen LogP contribution in [0.5, 0.6) is 23.0 Å². The standard InChI is InChI=1S/C41H46N2O4S/c1-44-38-25-31(26-39(45-2)37(38)28-43-20-8-9-21-43)24-36-35-17-16-34(47-29-30-10-4-3-5-11-30)27-40(35)48-41(36)32-12-14-33(15-13-32)46-23-22-42-18-6-7-19-42/h3-5,10-17,25-27H,6-9,18-24,28-29H2,1-2H3. The number of methoxy groups -OCH3 is 2. The van der Waals surface area contributed by atoms with Gasteiger partial charge in [-0.3, -0.25) is 9.80 Å². The Hall–Kier alpha value is -4.04. The highest BCUT2D eigenvalue weighted by atomic mass is 32.1. The summed E-state index contributed by atoms with van der Waals surface area (Å²) in [6, 6.07) is 29.9. The van der Waals surface area contributed by atoms with Gasteiger partial charge in [-0.05, 0) is 141 Å². The molecular weight excluding hydrogens is 617 g/mol. The monoisotopic (exact) mass is 662 g/mol. The zero-order valence-corrected chi connectivity index (χ0v) is 29.0. The number of hydrogen-bond acceptors (Lipinski definition) is 7. The molecule has 0 N–H and O–H groups in total. The van der Waals surface area contributed by atoms with Crippen molar-refractivity contribution in [3.63, 3.8) is 0 Å². The van der Waals surface area contributed by atoms with E-state index in [4.69, 9.17) is 18.9 Å². The average Bonchev–Trinajstić information content (AvgIpc) is 3.91. The van der Waals surface area contributed by atoms with Crippen molar-refractivity contribution in [3.8, 4) is 33.4 Å². The van der Waals surface area contributed by atoms with Crippen molar-refractivity contribution in [2.45, 2.75) is 45.3 Å². The maximum Gasteiger partial charge on any atom is 0.127 e. The molecule has 3 heterocycles. The van der Waals surface area contributed by atoms with Gasteiger partial charge in [-0.25, -0.2) is 0 Å². The predicted molar refractivity (Wildman–Crippen MR) is 196 cm³/mol. The summed E-state index contributed by atoms with van der Waals surface area (Å²) in [6.07, 6.45) is 5.86. The fourth-order valence-electron chi connectivity index (χ4n) is 7.04. The van der Waals surface area contributed by atoms with Gasteiger partial charge in [0.05, 0.1) is 19.8 Å². The second-order valence-corrected chi connectivity index (χ2v) is 14.0. The molecule has 2 aliphatic rings. The van der Waals surface area contributed by atoms with Crippen LogP contribution in [0.15, 0.2) is 84.9 Å². The van der Waals surface area contributed by atoms with E-state index in [9.17, 15) is 0 Å². The molecule has 0 unspecified atom stereocenters. The molecule has 0 saturated carbocycles. The number of fused-ring (bicyclic) bond motifs is 1. The van der Waals surface area contributed by atoms with Crippen molar-refractivity contribution in [2.24, 2.45) is 0 Å². The van der Waals surface area contributed by atoms with Crippen molar-refractivity contribution < 1.29 is 18.9 Å². The molecule has 0 radical (unpaired) electrons. The third-order valence-corrected chi connectivity index (χ3v) is 10.9. The molecule has 2 aliphatic heterocycles. The first-order valence-corrected chi connectivity index (χ1v) is 18.1. The number of thiophene rings is 1. The van der Waals surface area contributed by atoms with Gasteiger partial charge in [0.2, 0.25) is 0 Å². The molecular formula is C41H46N2O4S. The maximum absolute atomic E-state index is 6.24. The van der Waals surface area contributed by atoms with Gasteiger partial charge in [-0.2, -0.15) is 0 Å². The van der Waals surface area contributed by atoms with Crippen LogP contribution < -0.4 is 18.9 Å². The molecule has 2 fully saturated rings. The van der Waals surface area contributed by atoms with Crippen LogP contribution in [0.2, 0.25) is 0 Å². The lowest BCUT2D eigenvalue weighted by Gasteiger charge is -2.20. The first-order valence-electron chi connectivity index (χ1n) is 17.3. The van der Waals surface area contributed by atoms with Gasteiger partial charge in [0.1, 0.15) is 36.2 Å². The van der Waals surface area contributed by atoms with Gasteiger partial charge in [-0.1, -0.05) is 30.3 Å². The first kappa shape index (κ1) is 32.5. The van der Waals surface area contributed by atoms with Gasteiger partial charge in [0.15, 0.2) is 0 Å². The van der Waals surface area contributed by atoms with Gasteiger partial charge in [0, 0.05) is 22.7 Å². The van der Waals surface area contributed by atoms with E-state index in [-0.39, 0.29) is 0 Å². The summed E-state index contributed by atoms with van der Waals surface area (Å²) < 4.78 is 25.6. The summed E-state index contributed by atoms with van der Waals surface area (Å²) in [6.45, 7) is 7.72. The van der Waals surface area contributed by atoms with Crippen LogP contribution in [0.25, 0.3) is 20.5 Å². The second kappa shape index (κ2) is 15.5. The molecule has 0 bridgehead atoms. The van der Waals surface area contributed by atoms with E-state index < -0.39 is 0 Å². The lowest BCUT2D eigenvalue weighted by Crippen LogP contribution is -2.25. The molecule has 4 aromatic carbocycles. The molecule has 0 aliphatic carbocycles. The fraction of sp³-hybridized carbons (Fsp3) is 0.366. The van der Waals surface area contributed by atoms with E-state index in [1.807, 2.05) is 29.5 Å². The molecule has 48 heavy (non-hydrogen) atoms. The summed E-state index contributed by atoms with van der Waals surface area (Å²) in [5.41, 5.74) is 5.93. The third-order valence-electron chi connectivity index (χ3n) is 9.63. The summed E-state index contributed by atoms with van der Waals surface area (Å²) in [5, 5.41) is 1.24.